The second-order valence-electron chi connectivity index (χ2n) is 5.34. The summed E-state index contributed by atoms with van der Waals surface area (Å²) in [5.74, 6) is 1.75. The average molecular weight is 265 g/mol. The number of rotatable bonds is 7. The second kappa shape index (κ2) is 7.28. The minimum atomic E-state index is 0.316. The minimum absolute atomic E-state index is 0.316. The molecule has 108 valence electrons. The zero-order chi connectivity index (χ0) is 14.4. The first-order valence-corrected chi connectivity index (χ1v) is 7.01. The number of likely N-dealkylation sites (N-methyl/N-ethyl adjacent to an activating group) is 1. The summed E-state index contributed by atoms with van der Waals surface area (Å²) in [6.45, 7) is 10.5. The lowest BCUT2D eigenvalue weighted by Crippen LogP contribution is -2.33. The topological polar surface area (TPSA) is 67.1 Å². The zero-order valence-corrected chi connectivity index (χ0v) is 12.8. The van der Waals surface area contributed by atoms with Gasteiger partial charge in [0.05, 0.1) is 0 Å². The molecule has 1 heterocycles. The van der Waals surface area contributed by atoms with E-state index in [-0.39, 0.29) is 0 Å². The van der Waals surface area contributed by atoms with Crippen molar-refractivity contribution in [1.82, 2.24) is 14.9 Å². The van der Waals surface area contributed by atoms with Crippen molar-refractivity contribution in [3.8, 4) is 0 Å². The molecule has 0 saturated heterocycles. The molecule has 0 spiro atoms. The highest BCUT2D eigenvalue weighted by Crippen LogP contribution is 2.25. The highest BCUT2D eigenvalue weighted by Gasteiger charge is 2.13. The Morgan fingerprint density at radius 1 is 1.32 bits per heavy atom. The molecule has 0 bridgehead atoms. The summed E-state index contributed by atoms with van der Waals surface area (Å²) >= 11 is 0. The Morgan fingerprint density at radius 3 is 2.58 bits per heavy atom. The van der Waals surface area contributed by atoms with E-state index in [4.69, 9.17) is 5.73 Å². The standard InChI is InChI=1S/C14H27N5/c1-6-11(4)19(5)8-7-16-14-12(10(2)3)13(15)17-9-18-14/h9-11H,6-8H2,1-5H3,(H3,15,16,17,18). The molecule has 3 N–H and O–H groups in total. The third kappa shape index (κ3) is 4.35. The summed E-state index contributed by atoms with van der Waals surface area (Å²) < 4.78 is 0. The van der Waals surface area contributed by atoms with Crippen molar-refractivity contribution >= 4 is 11.6 Å². The fraction of sp³-hybridized carbons (Fsp3) is 0.714. The van der Waals surface area contributed by atoms with Crippen LogP contribution >= 0.6 is 0 Å². The number of nitrogen functional groups attached to an aromatic ring is 1. The molecule has 1 aromatic rings. The Balaban J connectivity index is 2.61. The van der Waals surface area contributed by atoms with Gasteiger partial charge in [-0.05, 0) is 26.3 Å². The summed E-state index contributed by atoms with van der Waals surface area (Å²) in [4.78, 5) is 10.7. The van der Waals surface area contributed by atoms with Crippen molar-refractivity contribution in [3.63, 3.8) is 0 Å². The first kappa shape index (κ1) is 15.7. The highest BCUT2D eigenvalue weighted by molar-refractivity contribution is 5.56. The van der Waals surface area contributed by atoms with Gasteiger partial charge in [0.1, 0.15) is 18.0 Å². The van der Waals surface area contributed by atoms with Crippen molar-refractivity contribution in [1.29, 1.82) is 0 Å². The zero-order valence-electron chi connectivity index (χ0n) is 12.8. The van der Waals surface area contributed by atoms with E-state index < -0.39 is 0 Å². The lowest BCUT2D eigenvalue weighted by molar-refractivity contribution is 0.261. The molecule has 1 atom stereocenters. The van der Waals surface area contributed by atoms with Crippen LogP contribution < -0.4 is 11.1 Å². The Kier molecular flexibility index (Phi) is 6.02. The predicted octanol–water partition coefficient (Wildman–Crippen LogP) is 2.32. The van der Waals surface area contributed by atoms with Gasteiger partial charge in [0, 0.05) is 24.7 Å². The molecule has 0 fully saturated rings. The van der Waals surface area contributed by atoms with Gasteiger partial charge in [-0.3, -0.25) is 0 Å². The molecule has 0 aliphatic heterocycles. The first-order valence-electron chi connectivity index (χ1n) is 7.01. The molecule has 5 heteroatoms. The molecule has 1 aromatic heterocycles. The van der Waals surface area contributed by atoms with E-state index in [1.165, 1.54) is 6.33 Å². The lowest BCUT2D eigenvalue weighted by Gasteiger charge is -2.24. The van der Waals surface area contributed by atoms with E-state index in [0.717, 1.165) is 30.9 Å². The molecule has 19 heavy (non-hydrogen) atoms. The van der Waals surface area contributed by atoms with Gasteiger partial charge in [-0.1, -0.05) is 20.8 Å². The van der Waals surface area contributed by atoms with Crippen molar-refractivity contribution in [2.75, 3.05) is 31.2 Å². The van der Waals surface area contributed by atoms with Crippen LogP contribution in [0, 0.1) is 0 Å². The molecule has 1 unspecified atom stereocenters. The third-order valence-corrected chi connectivity index (χ3v) is 3.59. The number of nitrogens with two attached hydrogens (primary N) is 1. The molecular formula is C14H27N5. The molecule has 0 aliphatic carbocycles. The molecule has 5 nitrogen and oxygen atoms in total. The van der Waals surface area contributed by atoms with Crippen LogP contribution in [-0.2, 0) is 0 Å². The molecular weight excluding hydrogens is 238 g/mol. The van der Waals surface area contributed by atoms with Crippen LogP contribution in [0.15, 0.2) is 6.33 Å². The monoisotopic (exact) mass is 265 g/mol. The predicted molar refractivity (Wildman–Crippen MR) is 81.4 cm³/mol. The molecule has 0 aliphatic rings. The Labute approximate surface area is 116 Å². The van der Waals surface area contributed by atoms with Gasteiger partial charge in [0.2, 0.25) is 0 Å². The van der Waals surface area contributed by atoms with E-state index >= 15 is 0 Å². The fourth-order valence-electron chi connectivity index (χ4n) is 2.00. The fourth-order valence-corrected chi connectivity index (χ4v) is 2.00. The van der Waals surface area contributed by atoms with Gasteiger partial charge >= 0.3 is 0 Å². The summed E-state index contributed by atoms with van der Waals surface area (Å²) in [5.41, 5.74) is 6.93. The number of aromatic nitrogens is 2. The molecule has 0 saturated carbocycles. The van der Waals surface area contributed by atoms with Crippen LogP contribution in [0.4, 0.5) is 11.6 Å². The maximum atomic E-state index is 5.92. The van der Waals surface area contributed by atoms with Gasteiger partial charge in [0.25, 0.3) is 0 Å². The number of nitrogens with zero attached hydrogens (tertiary/aromatic N) is 3. The van der Waals surface area contributed by atoms with Gasteiger partial charge in [-0.25, -0.2) is 9.97 Å². The van der Waals surface area contributed by atoms with Crippen LogP contribution in [0.1, 0.15) is 45.6 Å². The normalized spacial score (nSPS) is 13.0. The largest absolute Gasteiger partial charge is 0.383 e. The molecule has 0 amide bonds. The van der Waals surface area contributed by atoms with Crippen molar-refractivity contribution in [2.45, 2.75) is 46.1 Å². The lowest BCUT2D eigenvalue weighted by atomic mass is 10.0. The molecule has 0 aromatic carbocycles. The van der Waals surface area contributed by atoms with E-state index in [9.17, 15) is 0 Å². The quantitative estimate of drug-likeness (QED) is 0.792. The third-order valence-electron chi connectivity index (χ3n) is 3.59. The highest BCUT2D eigenvalue weighted by atomic mass is 15.1. The summed E-state index contributed by atoms with van der Waals surface area (Å²) in [5, 5.41) is 3.37. The van der Waals surface area contributed by atoms with E-state index in [0.29, 0.717) is 17.8 Å². The van der Waals surface area contributed by atoms with E-state index in [1.807, 2.05) is 0 Å². The van der Waals surface area contributed by atoms with Gasteiger partial charge in [-0.2, -0.15) is 0 Å². The smallest absolute Gasteiger partial charge is 0.135 e. The Bertz CT molecular complexity index is 391. The van der Waals surface area contributed by atoms with Gasteiger partial charge in [0.15, 0.2) is 0 Å². The Morgan fingerprint density at radius 2 is 2.00 bits per heavy atom. The minimum Gasteiger partial charge on any atom is -0.383 e. The number of anilines is 2. The maximum absolute atomic E-state index is 5.92. The molecule has 1 rings (SSSR count). The van der Waals surface area contributed by atoms with Crippen LogP contribution in [0.25, 0.3) is 0 Å². The summed E-state index contributed by atoms with van der Waals surface area (Å²) in [7, 11) is 2.15. The van der Waals surface area contributed by atoms with Crippen molar-refractivity contribution in [2.24, 2.45) is 0 Å². The summed E-state index contributed by atoms with van der Waals surface area (Å²) in [6.07, 6.45) is 2.68. The summed E-state index contributed by atoms with van der Waals surface area (Å²) in [6, 6.07) is 0.599. The van der Waals surface area contributed by atoms with Crippen LogP contribution in [-0.4, -0.2) is 41.0 Å². The van der Waals surface area contributed by atoms with Gasteiger partial charge in [-0.15, -0.1) is 0 Å². The van der Waals surface area contributed by atoms with Crippen molar-refractivity contribution < 1.29 is 0 Å². The van der Waals surface area contributed by atoms with E-state index in [2.05, 4.69) is 54.9 Å². The molecule has 0 radical (unpaired) electrons. The number of hydrogen-bond donors (Lipinski definition) is 2. The van der Waals surface area contributed by atoms with Crippen LogP contribution in [0.2, 0.25) is 0 Å². The number of nitrogens with one attached hydrogen (secondary N) is 1. The maximum Gasteiger partial charge on any atom is 0.135 e. The van der Waals surface area contributed by atoms with Crippen LogP contribution in [0.5, 0.6) is 0 Å². The second-order valence-corrected chi connectivity index (χ2v) is 5.34. The SMILES string of the molecule is CCC(C)N(C)CCNc1ncnc(N)c1C(C)C. The van der Waals surface area contributed by atoms with Crippen molar-refractivity contribution in [3.05, 3.63) is 11.9 Å². The Hall–Kier alpha value is -1.36. The average Bonchev–Trinajstić information content (AvgIpc) is 2.37. The van der Waals surface area contributed by atoms with Gasteiger partial charge < -0.3 is 16.0 Å². The van der Waals surface area contributed by atoms with E-state index in [1.54, 1.807) is 0 Å². The number of hydrogen-bond acceptors (Lipinski definition) is 5. The first-order chi connectivity index (χ1) is 8.97. The van der Waals surface area contributed by atoms with Crippen LogP contribution in [0.3, 0.4) is 0 Å².